The van der Waals surface area contributed by atoms with Crippen molar-refractivity contribution in [1.29, 1.82) is 0 Å². The molecule has 18 heavy (non-hydrogen) atoms. The van der Waals surface area contributed by atoms with Crippen molar-refractivity contribution in [1.82, 2.24) is 9.88 Å². The molecule has 0 radical (unpaired) electrons. The average molecular weight is 247 g/mol. The first-order chi connectivity index (χ1) is 8.83. The molecule has 1 saturated carbocycles. The number of aromatic nitrogens is 1. The number of ether oxygens (including phenoxy) is 1. The topological polar surface area (TPSA) is 51.4 Å². The summed E-state index contributed by atoms with van der Waals surface area (Å²) in [5.74, 6) is 0. The van der Waals surface area contributed by atoms with Crippen LogP contribution in [0, 0.1) is 0 Å². The molecule has 0 bridgehead atoms. The lowest BCUT2D eigenvalue weighted by molar-refractivity contribution is -0.0550. The van der Waals surface area contributed by atoms with Gasteiger partial charge in [0.05, 0.1) is 24.6 Å². The number of morpholine rings is 1. The standard InChI is InChI=1S/C14H21N3O/c15-11-4-5-12(16-10-11)6-7-17-8-9-18-14-3-1-2-13(14)17/h4-5,10,13-14H,1-3,6-9,15H2. The van der Waals surface area contributed by atoms with Gasteiger partial charge < -0.3 is 10.5 Å². The second-order valence-electron chi connectivity index (χ2n) is 5.28. The maximum absolute atomic E-state index is 5.83. The molecule has 2 aliphatic rings. The highest BCUT2D eigenvalue weighted by molar-refractivity contribution is 5.34. The van der Waals surface area contributed by atoms with Gasteiger partial charge in [-0.2, -0.15) is 0 Å². The van der Waals surface area contributed by atoms with Crippen LogP contribution in [0.4, 0.5) is 5.69 Å². The van der Waals surface area contributed by atoms with Crippen LogP contribution in [0.25, 0.3) is 0 Å². The Labute approximate surface area is 108 Å². The van der Waals surface area contributed by atoms with Gasteiger partial charge in [-0.25, -0.2) is 0 Å². The number of hydrogen-bond donors (Lipinski definition) is 1. The SMILES string of the molecule is Nc1ccc(CCN2CCOC3CCCC32)nc1. The quantitative estimate of drug-likeness (QED) is 0.878. The molecule has 1 aliphatic heterocycles. The van der Waals surface area contributed by atoms with E-state index in [1.807, 2.05) is 12.1 Å². The van der Waals surface area contributed by atoms with E-state index in [0.717, 1.165) is 37.5 Å². The van der Waals surface area contributed by atoms with Gasteiger partial charge in [-0.15, -0.1) is 0 Å². The Kier molecular flexibility index (Phi) is 3.48. The third-order valence-electron chi connectivity index (χ3n) is 4.10. The minimum atomic E-state index is 0.484. The molecule has 2 atom stereocenters. The number of rotatable bonds is 3. The first kappa shape index (κ1) is 11.9. The highest BCUT2D eigenvalue weighted by atomic mass is 16.5. The van der Waals surface area contributed by atoms with Gasteiger partial charge in [-0.3, -0.25) is 9.88 Å². The first-order valence-electron chi connectivity index (χ1n) is 6.89. The molecule has 2 N–H and O–H groups in total. The molecule has 1 aromatic rings. The zero-order valence-corrected chi connectivity index (χ0v) is 10.7. The molecule has 2 fully saturated rings. The van der Waals surface area contributed by atoms with E-state index >= 15 is 0 Å². The van der Waals surface area contributed by atoms with E-state index in [1.54, 1.807) is 6.20 Å². The Morgan fingerprint density at radius 2 is 2.33 bits per heavy atom. The molecule has 0 aromatic carbocycles. The van der Waals surface area contributed by atoms with Crippen molar-refractivity contribution in [2.45, 2.75) is 37.8 Å². The zero-order valence-electron chi connectivity index (χ0n) is 10.7. The van der Waals surface area contributed by atoms with Crippen LogP contribution < -0.4 is 5.73 Å². The third kappa shape index (κ3) is 2.49. The maximum Gasteiger partial charge on any atom is 0.0730 e. The van der Waals surface area contributed by atoms with E-state index < -0.39 is 0 Å². The highest BCUT2D eigenvalue weighted by Gasteiger charge is 2.35. The minimum absolute atomic E-state index is 0.484. The predicted molar refractivity (Wildman–Crippen MR) is 71.3 cm³/mol. The summed E-state index contributed by atoms with van der Waals surface area (Å²) in [5.41, 5.74) is 7.51. The second-order valence-corrected chi connectivity index (χ2v) is 5.28. The van der Waals surface area contributed by atoms with Gasteiger partial charge in [0.15, 0.2) is 0 Å². The monoisotopic (exact) mass is 247 g/mol. The van der Waals surface area contributed by atoms with Crippen molar-refractivity contribution in [3.63, 3.8) is 0 Å². The molecule has 0 spiro atoms. The van der Waals surface area contributed by atoms with Crippen LogP contribution in [0.1, 0.15) is 25.0 Å². The molecular weight excluding hydrogens is 226 g/mol. The molecule has 98 valence electrons. The van der Waals surface area contributed by atoms with Crippen LogP contribution in [0.3, 0.4) is 0 Å². The Balaban J connectivity index is 1.57. The van der Waals surface area contributed by atoms with Crippen molar-refractivity contribution in [2.24, 2.45) is 0 Å². The number of nitrogens with zero attached hydrogens (tertiary/aromatic N) is 2. The van der Waals surface area contributed by atoms with E-state index in [0.29, 0.717) is 12.1 Å². The summed E-state index contributed by atoms with van der Waals surface area (Å²) in [6.45, 7) is 3.04. The van der Waals surface area contributed by atoms with Gasteiger partial charge in [0.2, 0.25) is 0 Å². The number of nitrogens with two attached hydrogens (primary N) is 1. The lowest BCUT2D eigenvalue weighted by Crippen LogP contribution is -2.49. The highest BCUT2D eigenvalue weighted by Crippen LogP contribution is 2.29. The normalized spacial score (nSPS) is 28.2. The first-order valence-corrected chi connectivity index (χ1v) is 6.89. The van der Waals surface area contributed by atoms with Crippen molar-refractivity contribution in [3.05, 3.63) is 24.0 Å². The Bertz CT molecular complexity index is 393. The summed E-state index contributed by atoms with van der Waals surface area (Å²) in [6, 6.07) is 4.61. The summed E-state index contributed by atoms with van der Waals surface area (Å²) < 4.78 is 5.83. The number of anilines is 1. The lowest BCUT2D eigenvalue weighted by atomic mass is 10.1. The summed E-state index contributed by atoms with van der Waals surface area (Å²) in [7, 11) is 0. The smallest absolute Gasteiger partial charge is 0.0730 e. The Hall–Kier alpha value is -1.13. The van der Waals surface area contributed by atoms with Crippen LogP contribution in [-0.2, 0) is 11.2 Å². The Morgan fingerprint density at radius 3 is 3.17 bits per heavy atom. The molecule has 0 amide bonds. The molecular formula is C14H21N3O. The molecule has 1 saturated heterocycles. The number of pyridine rings is 1. The fourth-order valence-corrected chi connectivity index (χ4v) is 3.13. The van der Waals surface area contributed by atoms with E-state index in [-0.39, 0.29) is 0 Å². The van der Waals surface area contributed by atoms with Gasteiger partial charge >= 0.3 is 0 Å². The van der Waals surface area contributed by atoms with E-state index in [9.17, 15) is 0 Å². The number of hydrogen-bond acceptors (Lipinski definition) is 4. The number of nitrogen functional groups attached to an aromatic ring is 1. The van der Waals surface area contributed by atoms with Gasteiger partial charge in [0.1, 0.15) is 0 Å². The van der Waals surface area contributed by atoms with Gasteiger partial charge in [-0.1, -0.05) is 0 Å². The molecule has 1 aromatic heterocycles. The van der Waals surface area contributed by atoms with E-state index in [4.69, 9.17) is 10.5 Å². The summed E-state index contributed by atoms with van der Waals surface area (Å²) >= 11 is 0. The predicted octanol–water partition coefficient (Wildman–Crippen LogP) is 1.46. The van der Waals surface area contributed by atoms with E-state index in [1.165, 1.54) is 19.3 Å². The van der Waals surface area contributed by atoms with Crippen molar-refractivity contribution < 1.29 is 4.74 Å². The van der Waals surface area contributed by atoms with Crippen molar-refractivity contribution in [2.75, 3.05) is 25.4 Å². The zero-order chi connectivity index (χ0) is 12.4. The Morgan fingerprint density at radius 1 is 1.39 bits per heavy atom. The fourth-order valence-electron chi connectivity index (χ4n) is 3.13. The van der Waals surface area contributed by atoms with Crippen LogP contribution in [-0.4, -0.2) is 41.7 Å². The minimum Gasteiger partial charge on any atom is -0.397 e. The van der Waals surface area contributed by atoms with Crippen molar-refractivity contribution in [3.8, 4) is 0 Å². The van der Waals surface area contributed by atoms with Gasteiger partial charge in [0, 0.05) is 31.2 Å². The van der Waals surface area contributed by atoms with Crippen LogP contribution in [0.15, 0.2) is 18.3 Å². The third-order valence-corrected chi connectivity index (χ3v) is 4.10. The number of fused-ring (bicyclic) bond motifs is 1. The van der Waals surface area contributed by atoms with Crippen molar-refractivity contribution >= 4 is 5.69 Å². The van der Waals surface area contributed by atoms with Gasteiger partial charge in [-0.05, 0) is 31.4 Å². The summed E-state index contributed by atoms with van der Waals surface area (Å²) in [5, 5.41) is 0. The fraction of sp³-hybridized carbons (Fsp3) is 0.643. The van der Waals surface area contributed by atoms with Crippen LogP contribution in [0.5, 0.6) is 0 Å². The maximum atomic E-state index is 5.83. The largest absolute Gasteiger partial charge is 0.397 e. The average Bonchev–Trinajstić information content (AvgIpc) is 2.87. The summed E-state index contributed by atoms with van der Waals surface area (Å²) in [6.07, 6.45) is 7.07. The summed E-state index contributed by atoms with van der Waals surface area (Å²) in [4.78, 5) is 6.95. The molecule has 1 aliphatic carbocycles. The second kappa shape index (κ2) is 5.24. The van der Waals surface area contributed by atoms with Gasteiger partial charge in [0.25, 0.3) is 0 Å². The molecule has 4 heteroatoms. The molecule has 2 unspecified atom stereocenters. The van der Waals surface area contributed by atoms with E-state index in [2.05, 4.69) is 9.88 Å². The molecule has 4 nitrogen and oxygen atoms in total. The lowest BCUT2D eigenvalue weighted by Gasteiger charge is -2.37. The van der Waals surface area contributed by atoms with Crippen LogP contribution >= 0.6 is 0 Å². The molecule has 2 heterocycles. The molecule has 3 rings (SSSR count). The van der Waals surface area contributed by atoms with Crippen LogP contribution in [0.2, 0.25) is 0 Å².